The zero-order valence-electron chi connectivity index (χ0n) is 10.5. The SMILES string of the molecule is CCNC(C=C(C)C)c1cc(C)ccc1F. The first-order valence-corrected chi connectivity index (χ1v) is 5.69. The van der Waals surface area contributed by atoms with Gasteiger partial charge in [0.15, 0.2) is 0 Å². The van der Waals surface area contributed by atoms with Crippen molar-refractivity contribution in [2.45, 2.75) is 33.7 Å². The van der Waals surface area contributed by atoms with E-state index in [9.17, 15) is 4.39 Å². The number of likely N-dealkylation sites (N-methyl/N-ethyl adjacent to an activating group) is 1. The predicted molar refractivity (Wildman–Crippen MR) is 67.0 cm³/mol. The highest BCUT2D eigenvalue weighted by Gasteiger charge is 2.12. The standard InChI is InChI=1S/C14H20FN/c1-5-16-14(8-10(2)3)12-9-11(4)6-7-13(12)15/h6-9,14,16H,5H2,1-4H3. The van der Waals surface area contributed by atoms with Gasteiger partial charge in [0.05, 0.1) is 6.04 Å². The maximum atomic E-state index is 13.7. The van der Waals surface area contributed by atoms with Crippen molar-refractivity contribution in [1.29, 1.82) is 0 Å². The Labute approximate surface area is 97.4 Å². The van der Waals surface area contributed by atoms with Crippen LogP contribution >= 0.6 is 0 Å². The van der Waals surface area contributed by atoms with Crippen molar-refractivity contribution < 1.29 is 4.39 Å². The first-order valence-electron chi connectivity index (χ1n) is 5.69. The van der Waals surface area contributed by atoms with Gasteiger partial charge in [-0.1, -0.05) is 36.3 Å². The topological polar surface area (TPSA) is 12.0 Å². The first-order chi connectivity index (χ1) is 7.54. The molecule has 1 nitrogen and oxygen atoms in total. The summed E-state index contributed by atoms with van der Waals surface area (Å²) >= 11 is 0. The molecule has 0 aromatic heterocycles. The molecule has 1 N–H and O–H groups in total. The second-order valence-corrected chi connectivity index (χ2v) is 4.30. The molecule has 0 aliphatic rings. The van der Waals surface area contributed by atoms with Crippen LogP contribution in [0, 0.1) is 12.7 Å². The number of nitrogens with one attached hydrogen (secondary N) is 1. The second kappa shape index (κ2) is 5.80. The van der Waals surface area contributed by atoms with Crippen molar-refractivity contribution in [2.75, 3.05) is 6.54 Å². The molecule has 0 fully saturated rings. The van der Waals surface area contributed by atoms with Gasteiger partial charge in [-0.05, 0) is 33.4 Å². The summed E-state index contributed by atoms with van der Waals surface area (Å²) < 4.78 is 13.7. The molecule has 0 bridgehead atoms. The number of allylic oxidation sites excluding steroid dienone is 1. The summed E-state index contributed by atoms with van der Waals surface area (Å²) in [5.41, 5.74) is 3.00. The third kappa shape index (κ3) is 3.46. The molecule has 0 aliphatic carbocycles. The van der Waals surface area contributed by atoms with Crippen molar-refractivity contribution in [3.63, 3.8) is 0 Å². The number of aryl methyl sites for hydroxylation is 1. The molecule has 88 valence electrons. The van der Waals surface area contributed by atoms with Crippen LogP contribution in [0.1, 0.15) is 37.9 Å². The Morgan fingerprint density at radius 1 is 1.44 bits per heavy atom. The van der Waals surface area contributed by atoms with Crippen molar-refractivity contribution in [3.05, 3.63) is 46.8 Å². The second-order valence-electron chi connectivity index (χ2n) is 4.30. The predicted octanol–water partition coefficient (Wildman–Crippen LogP) is 3.75. The maximum Gasteiger partial charge on any atom is 0.128 e. The van der Waals surface area contributed by atoms with Crippen LogP contribution in [0.2, 0.25) is 0 Å². The van der Waals surface area contributed by atoms with E-state index in [0.29, 0.717) is 0 Å². The fraction of sp³-hybridized carbons (Fsp3) is 0.429. The van der Waals surface area contributed by atoms with Crippen molar-refractivity contribution in [2.24, 2.45) is 0 Å². The van der Waals surface area contributed by atoms with Crippen molar-refractivity contribution in [1.82, 2.24) is 5.32 Å². The molecule has 1 rings (SSSR count). The molecule has 0 saturated heterocycles. The van der Waals surface area contributed by atoms with Crippen LogP contribution in [-0.4, -0.2) is 6.54 Å². The molecule has 2 heteroatoms. The summed E-state index contributed by atoms with van der Waals surface area (Å²) in [5.74, 6) is -0.144. The fourth-order valence-corrected chi connectivity index (χ4v) is 1.71. The van der Waals surface area contributed by atoms with E-state index >= 15 is 0 Å². The van der Waals surface area contributed by atoms with Gasteiger partial charge in [0.2, 0.25) is 0 Å². The lowest BCUT2D eigenvalue weighted by molar-refractivity contribution is 0.565. The zero-order chi connectivity index (χ0) is 12.1. The maximum absolute atomic E-state index is 13.7. The van der Waals surface area contributed by atoms with Gasteiger partial charge in [-0.15, -0.1) is 0 Å². The van der Waals surface area contributed by atoms with Crippen molar-refractivity contribution >= 4 is 0 Å². The molecule has 1 aromatic carbocycles. The van der Waals surface area contributed by atoms with Crippen LogP contribution in [0.25, 0.3) is 0 Å². The molecule has 0 saturated carbocycles. The molecule has 16 heavy (non-hydrogen) atoms. The van der Waals surface area contributed by atoms with E-state index in [-0.39, 0.29) is 11.9 Å². The van der Waals surface area contributed by atoms with Gasteiger partial charge in [0.1, 0.15) is 5.82 Å². The minimum Gasteiger partial charge on any atom is -0.307 e. The largest absolute Gasteiger partial charge is 0.307 e. The van der Waals surface area contributed by atoms with Gasteiger partial charge in [-0.25, -0.2) is 4.39 Å². The number of rotatable bonds is 4. The molecule has 1 atom stereocenters. The Hall–Kier alpha value is -1.15. The summed E-state index contributed by atoms with van der Waals surface area (Å²) in [6, 6.07) is 5.20. The Kier molecular flexibility index (Phi) is 4.69. The van der Waals surface area contributed by atoms with Gasteiger partial charge in [-0.2, -0.15) is 0 Å². The lowest BCUT2D eigenvalue weighted by atomic mass is 10.0. The van der Waals surface area contributed by atoms with E-state index in [1.165, 1.54) is 11.6 Å². The summed E-state index contributed by atoms with van der Waals surface area (Å²) in [6.45, 7) is 8.88. The van der Waals surface area contributed by atoms with Gasteiger partial charge in [0.25, 0.3) is 0 Å². The van der Waals surface area contributed by atoms with E-state index in [0.717, 1.165) is 17.7 Å². The highest BCUT2D eigenvalue weighted by molar-refractivity contribution is 5.30. The van der Waals surface area contributed by atoms with E-state index in [2.05, 4.69) is 11.4 Å². The van der Waals surface area contributed by atoms with E-state index in [1.807, 2.05) is 33.8 Å². The minimum absolute atomic E-state index is 0.0325. The highest BCUT2D eigenvalue weighted by atomic mass is 19.1. The third-order valence-electron chi connectivity index (χ3n) is 2.41. The van der Waals surface area contributed by atoms with Crippen LogP contribution in [0.15, 0.2) is 29.8 Å². The van der Waals surface area contributed by atoms with Gasteiger partial charge in [0, 0.05) is 5.56 Å². The van der Waals surface area contributed by atoms with Crippen LogP contribution in [0.3, 0.4) is 0 Å². The van der Waals surface area contributed by atoms with E-state index in [4.69, 9.17) is 0 Å². The minimum atomic E-state index is -0.144. The van der Waals surface area contributed by atoms with Crippen LogP contribution in [0.4, 0.5) is 4.39 Å². The summed E-state index contributed by atoms with van der Waals surface area (Å²) in [4.78, 5) is 0. The molecule has 0 aliphatic heterocycles. The molecule has 0 amide bonds. The highest BCUT2D eigenvalue weighted by Crippen LogP contribution is 2.21. The lowest BCUT2D eigenvalue weighted by Crippen LogP contribution is -2.20. The normalized spacial score (nSPS) is 12.3. The Bertz CT molecular complexity index is 378. The summed E-state index contributed by atoms with van der Waals surface area (Å²) in [5, 5.41) is 3.28. The van der Waals surface area contributed by atoms with Gasteiger partial charge >= 0.3 is 0 Å². The molecule has 0 heterocycles. The molecule has 0 spiro atoms. The Balaban J connectivity index is 3.09. The van der Waals surface area contributed by atoms with E-state index < -0.39 is 0 Å². The van der Waals surface area contributed by atoms with Crippen LogP contribution < -0.4 is 5.32 Å². The monoisotopic (exact) mass is 221 g/mol. The van der Waals surface area contributed by atoms with Crippen LogP contribution in [0.5, 0.6) is 0 Å². The number of benzene rings is 1. The number of hydrogen-bond donors (Lipinski definition) is 1. The third-order valence-corrected chi connectivity index (χ3v) is 2.41. The average Bonchev–Trinajstić information content (AvgIpc) is 2.20. The number of hydrogen-bond acceptors (Lipinski definition) is 1. The Morgan fingerprint density at radius 3 is 2.69 bits per heavy atom. The van der Waals surface area contributed by atoms with Gasteiger partial charge in [-0.3, -0.25) is 0 Å². The molecular formula is C14H20FN. The number of halogens is 1. The van der Waals surface area contributed by atoms with Crippen LogP contribution in [-0.2, 0) is 0 Å². The van der Waals surface area contributed by atoms with Crippen molar-refractivity contribution in [3.8, 4) is 0 Å². The fourth-order valence-electron chi connectivity index (χ4n) is 1.71. The van der Waals surface area contributed by atoms with Gasteiger partial charge < -0.3 is 5.32 Å². The lowest BCUT2D eigenvalue weighted by Gasteiger charge is -2.16. The molecule has 1 unspecified atom stereocenters. The first kappa shape index (κ1) is 12.9. The molecule has 1 aromatic rings. The zero-order valence-corrected chi connectivity index (χ0v) is 10.5. The summed E-state index contributed by atoms with van der Waals surface area (Å²) in [7, 11) is 0. The quantitative estimate of drug-likeness (QED) is 0.763. The summed E-state index contributed by atoms with van der Waals surface area (Å²) in [6.07, 6.45) is 2.06. The average molecular weight is 221 g/mol. The smallest absolute Gasteiger partial charge is 0.128 e. The Morgan fingerprint density at radius 2 is 2.12 bits per heavy atom. The molecule has 0 radical (unpaired) electrons. The van der Waals surface area contributed by atoms with E-state index in [1.54, 1.807) is 6.07 Å². The molecular weight excluding hydrogens is 201 g/mol.